The van der Waals surface area contributed by atoms with E-state index in [0.29, 0.717) is 6.54 Å². The molecule has 0 bridgehead atoms. The van der Waals surface area contributed by atoms with Crippen molar-refractivity contribution in [1.29, 1.82) is 0 Å². The summed E-state index contributed by atoms with van der Waals surface area (Å²) in [5.41, 5.74) is 6.52. The molecule has 0 unspecified atom stereocenters. The zero-order chi connectivity index (χ0) is 10.8. The molecule has 2 N–H and O–H groups in total. The van der Waals surface area contributed by atoms with E-state index >= 15 is 0 Å². The quantitative estimate of drug-likeness (QED) is 0.906. The van der Waals surface area contributed by atoms with Crippen molar-refractivity contribution in [3.8, 4) is 11.3 Å². The minimum atomic E-state index is 0.425. The topological polar surface area (TPSA) is 39.2 Å². The van der Waals surface area contributed by atoms with Gasteiger partial charge in [0.1, 0.15) is 11.5 Å². The Hall–Kier alpha value is -0.580. The highest BCUT2D eigenvalue weighted by molar-refractivity contribution is 9.11. The summed E-state index contributed by atoms with van der Waals surface area (Å²) in [7, 11) is 0. The van der Waals surface area contributed by atoms with Gasteiger partial charge in [-0.3, -0.25) is 0 Å². The molecule has 1 aromatic carbocycles. The van der Waals surface area contributed by atoms with Crippen LogP contribution < -0.4 is 5.73 Å². The highest BCUT2D eigenvalue weighted by atomic mass is 79.9. The molecule has 0 fully saturated rings. The lowest BCUT2D eigenvalue weighted by Gasteiger charge is -2.01. The molecule has 0 atom stereocenters. The van der Waals surface area contributed by atoms with Gasteiger partial charge in [-0.1, -0.05) is 15.9 Å². The van der Waals surface area contributed by atoms with Gasteiger partial charge in [0.15, 0.2) is 0 Å². The lowest BCUT2D eigenvalue weighted by molar-refractivity contribution is 0.525. The minimum absolute atomic E-state index is 0.425. The maximum Gasteiger partial charge on any atom is 0.135 e. The van der Waals surface area contributed by atoms with Crippen molar-refractivity contribution in [2.75, 3.05) is 0 Å². The smallest absolute Gasteiger partial charge is 0.135 e. The van der Waals surface area contributed by atoms with Gasteiger partial charge in [-0.2, -0.15) is 0 Å². The molecule has 0 aliphatic rings. The Morgan fingerprint density at radius 1 is 1.13 bits per heavy atom. The molecular formula is C11H9Br2NO. The van der Waals surface area contributed by atoms with Crippen LogP contribution >= 0.6 is 31.9 Å². The van der Waals surface area contributed by atoms with Crippen LogP contribution in [0, 0.1) is 0 Å². The molecule has 0 saturated carbocycles. The van der Waals surface area contributed by atoms with Crippen LogP contribution in [-0.2, 0) is 6.54 Å². The van der Waals surface area contributed by atoms with E-state index in [1.807, 2.05) is 30.3 Å². The van der Waals surface area contributed by atoms with Gasteiger partial charge in [0.2, 0.25) is 0 Å². The van der Waals surface area contributed by atoms with Gasteiger partial charge in [0.05, 0.1) is 6.54 Å². The number of halogens is 2. The van der Waals surface area contributed by atoms with Crippen LogP contribution in [0.25, 0.3) is 11.3 Å². The van der Waals surface area contributed by atoms with Gasteiger partial charge in [0.25, 0.3) is 0 Å². The first-order valence-electron chi connectivity index (χ1n) is 4.45. The van der Waals surface area contributed by atoms with Gasteiger partial charge in [-0.25, -0.2) is 0 Å². The summed E-state index contributed by atoms with van der Waals surface area (Å²) < 4.78 is 7.60. The summed E-state index contributed by atoms with van der Waals surface area (Å²) in [6.45, 7) is 0.425. The van der Waals surface area contributed by atoms with E-state index in [2.05, 4.69) is 31.9 Å². The summed E-state index contributed by atoms with van der Waals surface area (Å²) in [5, 5.41) is 0. The lowest BCUT2D eigenvalue weighted by atomic mass is 10.2. The summed E-state index contributed by atoms with van der Waals surface area (Å²) in [5.74, 6) is 1.62. The van der Waals surface area contributed by atoms with Crippen molar-refractivity contribution in [1.82, 2.24) is 0 Å². The second-order valence-electron chi connectivity index (χ2n) is 3.09. The third-order valence-electron chi connectivity index (χ3n) is 2.06. The van der Waals surface area contributed by atoms with Crippen LogP contribution in [0.3, 0.4) is 0 Å². The number of hydrogen-bond acceptors (Lipinski definition) is 2. The maximum absolute atomic E-state index is 5.57. The standard InChI is InChI=1S/C11H9Br2NO/c12-7-1-3-9(10(13)5-7)11-4-2-8(6-14)15-11/h1-5H,6,14H2. The summed E-state index contributed by atoms with van der Waals surface area (Å²) in [6, 6.07) is 9.78. The molecule has 78 valence electrons. The normalized spacial score (nSPS) is 10.6. The van der Waals surface area contributed by atoms with Gasteiger partial charge >= 0.3 is 0 Å². The van der Waals surface area contributed by atoms with E-state index in [1.54, 1.807) is 0 Å². The van der Waals surface area contributed by atoms with Crippen molar-refractivity contribution in [3.05, 3.63) is 45.0 Å². The van der Waals surface area contributed by atoms with Crippen molar-refractivity contribution in [3.63, 3.8) is 0 Å². The van der Waals surface area contributed by atoms with E-state index < -0.39 is 0 Å². The Morgan fingerprint density at radius 2 is 1.93 bits per heavy atom. The van der Waals surface area contributed by atoms with Crippen LogP contribution in [0.4, 0.5) is 0 Å². The van der Waals surface area contributed by atoms with Gasteiger partial charge in [0, 0.05) is 14.5 Å². The number of furan rings is 1. The van der Waals surface area contributed by atoms with Crippen molar-refractivity contribution in [2.45, 2.75) is 6.54 Å². The van der Waals surface area contributed by atoms with Crippen molar-refractivity contribution < 1.29 is 4.42 Å². The molecule has 0 saturated heterocycles. The highest BCUT2D eigenvalue weighted by Gasteiger charge is 2.07. The third kappa shape index (κ3) is 2.33. The Kier molecular flexibility index (Phi) is 3.29. The molecule has 0 aliphatic carbocycles. The monoisotopic (exact) mass is 329 g/mol. The van der Waals surface area contributed by atoms with E-state index in [0.717, 1.165) is 26.0 Å². The average Bonchev–Trinajstić information content (AvgIpc) is 2.66. The van der Waals surface area contributed by atoms with Crippen molar-refractivity contribution in [2.24, 2.45) is 5.73 Å². The second kappa shape index (κ2) is 4.51. The first-order valence-corrected chi connectivity index (χ1v) is 6.03. The molecule has 1 aromatic heterocycles. The molecule has 15 heavy (non-hydrogen) atoms. The van der Waals surface area contributed by atoms with Crippen LogP contribution in [0.2, 0.25) is 0 Å². The number of hydrogen-bond donors (Lipinski definition) is 1. The Balaban J connectivity index is 2.44. The molecule has 1 heterocycles. The zero-order valence-electron chi connectivity index (χ0n) is 7.84. The van der Waals surface area contributed by atoms with Crippen molar-refractivity contribution >= 4 is 31.9 Å². The Labute approximate surface area is 105 Å². The first-order chi connectivity index (χ1) is 7.20. The second-order valence-corrected chi connectivity index (χ2v) is 4.86. The molecule has 0 radical (unpaired) electrons. The predicted molar refractivity (Wildman–Crippen MR) is 67.4 cm³/mol. The molecule has 0 spiro atoms. The lowest BCUT2D eigenvalue weighted by Crippen LogP contribution is -1.92. The number of nitrogens with two attached hydrogens (primary N) is 1. The SMILES string of the molecule is NCc1ccc(-c2ccc(Br)cc2Br)o1. The Morgan fingerprint density at radius 3 is 2.53 bits per heavy atom. The minimum Gasteiger partial charge on any atom is -0.460 e. The van der Waals surface area contributed by atoms with Crippen LogP contribution in [0.5, 0.6) is 0 Å². The first kappa shape index (κ1) is 10.9. The fourth-order valence-electron chi connectivity index (χ4n) is 1.32. The third-order valence-corrected chi connectivity index (χ3v) is 3.21. The van der Waals surface area contributed by atoms with E-state index in [1.165, 1.54) is 0 Å². The largest absolute Gasteiger partial charge is 0.460 e. The number of rotatable bonds is 2. The predicted octanol–water partition coefficient (Wildman–Crippen LogP) is 3.93. The van der Waals surface area contributed by atoms with Gasteiger partial charge in [-0.15, -0.1) is 0 Å². The zero-order valence-corrected chi connectivity index (χ0v) is 11.0. The summed E-state index contributed by atoms with van der Waals surface area (Å²) >= 11 is 6.90. The molecule has 2 nitrogen and oxygen atoms in total. The van der Waals surface area contributed by atoms with Gasteiger partial charge < -0.3 is 10.2 Å². The fourth-order valence-corrected chi connectivity index (χ4v) is 2.56. The molecule has 4 heteroatoms. The highest BCUT2D eigenvalue weighted by Crippen LogP contribution is 2.31. The number of benzene rings is 1. The molecular weight excluding hydrogens is 322 g/mol. The van der Waals surface area contributed by atoms with E-state index in [4.69, 9.17) is 10.2 Å². The summed E-state index contributed by atoms with van der Waals surface area (Å²) in [4.78, 5) is 0. The van der Waals surface area contributed by atoms with E-state index in [9.17, 15) is 0 Å². The van der Waals surface area contributed by atoms with Crippen LogP contribution in [0.15, 0.2) is 43.7 Å². The molecule has 2 rings (SSSR count). The van der Waals surface area contributed by atoms with Crippen LogP contribution in [0.1, 0.15) is 5.76 Å². The van der Waals surface area contributed by atoms with Gasteiger partial charge in [-0.05, 0) is 46.3 Å². The molecule has 2 aromatic rings. The maximum atomic E-state index is 5.57. The molecule has 0 aliphatic heterocycles. The van der Waals surface area contributed by atoms with Crippen LogP contribution in [-0.4, -0.2) is 0 Å². The molecule has 0 amide bonds. The average molecular weight is 331 g/mol. The Bertz CT molecular complexity index is 479. The fraction of sp³-hybridized carbons (Fsp3) is 0.0909. The van der Waals surface area contributed by atoms with E-state index in [-0.39, 0.29) is 0 Å². The summed E-state index contributed by atoms with van der Waals surface area (Å²) in [6.07, 6.45) is 0.